The van der Waals surface area contributed by atoms with Crippen molar-refractivity contribution in [3.05, 3.63) is 0 Å². The Morgan fingerprint density at radius 3 is 2.26 bits per heavy atom. The van der Waals surface area contributed by atoms with E-state index in [2.05, 4.69) is 49.0 Å². The predicted octanol–water partition coefficient (Wildman–Crippen LogP) is 1.47. The van der Waals surface area contributed by atoms with Gasteiger partial charge in [-0.05, 0) is 6.42 Å². The fraction of sp³-hybridized carbons (Fsp3) is 0.800. The molecule has 0 saturated carbocycles. The lowest BCUT2D eigenvalue weighted by Crippen LogP contribution is -2.29. The number of unbranched alkanes of at least 4 members (excludes halogenated alkanes) is 1. The lowest BCUT2D eigenvalue weighted by Gasteiger charge is -2.08. The molecule has 0 bridgehead atoms. The molecule has 1 aliphatic rings. The number of nitrogens with zero attached hydrogens (tertiary/aromatic N) is 1. The predicted molar refractivity (Wildman–Crippen MR) is 149 cm³/mol. The van der Waals surface area contributed by atoms with Gasteiger partial charge in [-0.3, -0.25) is 19.3 Å². The average molecular weight is 649 g/mol. The lowest BCUT2D eigenvalue weighted by atomic mass is 10.2. The molecule has 0 aromatic rings. The minimum atomic E-state index is -0.485. The van der Waals surface area contributed by atoms with Gasteiger partial charge >= 0.3 is 9.66 Å². The van der Waals surface area contributed by atoms with Crippen LogP contribution in [0.2, 0.25) is 0 Å². The van der Waals surface area contributed by atoms with Crippen molar-refractivity contribution in [1.82, 2.24) is 15.5 Å². The molecule has 0 radical (unpaired) electrons. The number of carbonyl (C=O) groups excluding carboxylic acids is 4. The van der Waals surface area contributed by atoms with Crippen molar-refractivity contribution in [2.45, 2.75) is 37.9 Å². The SMILES string of the molecule is CCCCC(=O)NCCOCCOCCNC(=O)OCCOC.CN1C(=O)CC(SB(P)I)C1=O. The Morgan fingerprint density at radius 1 is 1.11 bits per heavy atom. The second kappa shape index (κ2) is 22.5. The van der Waals surface area contributed by atoms with Gasteiger partial charge in [0.2, 0.25) is 17.7 Å². The van der Waals surface area contributed by atoms with E-state index in [1.807, 2.05) is 0 Å². The van der Waals surface area contributed by atoms with Gasteiger partial charge in [-0.15, -0.1) is 31.5 Å². The monoisotopic (exact) mass is 649 g/mol. The van der Waals surface area contributed by atoms with Crippen LogP contribution in [-0.4, -0.2) is 104 Å². The number of hydrogen-bond acceptors (Lipinski definition) is 9. The average Bonchev–Trinajstić information content (AvgIpc) is 3.05. The van der Waals surface area contributed by atoms with Gasteiger partial charge in [0.25, 0.3) is 0 Å². The summed E-state index contributed by atoms with van der Waals surface area (Å²) < 4.78 is 20.4. The molecule has 202 valence electrons. The molecule has 1 rings (SSSR count). The fourth-order valence-corrected chi connectivity index (χ4v) is 4.95. The largest absolute Gasteiger partial charge is 0.447 e. The highest BCUT2D eigenvalue weighted by molar-refractivity contribution is 14.1. The molecule has 1 aliphatic heterocycles. The molecule has 0 aromatic carbocycles. The molecule has 2 atom stereocenters. The van der Waals surface area contributed by atoms with Crippen LogP contribution >= 0.6 is 43.1 Å². The first-order valence-electron chi connectivity index (χ1n) is 11.4. The zero-order valence-electron chi connectivity index (χ0n) is 20.7. The van der Waals surface area contributed by atoms with Crippen LogP contribution in [0, 0.1) is 0 Å². The van der Waals surface area contributed by atoms with Gasteiger partial charge < -0.3 is 29.6 Å². The van der Waals surface area contributed by atoms with Crippen molar-refractivity contribution in [3.63, 3.8) is 0 Å². The van der Waals surface area contributed by atoms with Gasteiger partial charge in [-0.1, -0.05) is 13.3 Å². The third-order valence-corrected chi connectivity index (χ3v) is 6.68. The number of nitrogens with one attached hydrogen (secondary N) is 2. The topological polar surface area (TPSA) is 132 Å². The molecule has 11 nitrogen and oxygen atoms in total. The van der Waals surface area contributed by atoms with E-state index in [0.717, 1.165) is 12.8 Å². The molecule has 0 aliphatic carbocycles. The Labute approximate surface area is 228 Å². The number of rotatable bonds is 17. The van der Waals surface area contributed by atoms with E-state index in [9.17, 15) is 19.2 Å². The van der Waals surface area contributed by atoms with Crippen molar-refractivity contribution < 1.29 is 38.1 Å². The number of alkyl carbamates (subject to hydrolysis) is 1. The van der Waals surface area contributed by atoms with Crippen LogP contribution in [0.5, 0.6) is 0 Å². The third kappa shape index (κ3) is 19.2. The maximum absolute atomic E-state index is 11.3. The van der Waals surface area contributed by atoms with Crippen molar-refractivity contribution in [2.75, 3.05) is 66.9 Å². The summed E-state index contributed by atoms with van der Waals surface area (Å²) >= 11 is 3.72. The zero-order chi connectivity index (χ0) is 26.5. The quantitative estimate of drug-likeness (QED) is 0.0791. The van der Waals surface area contributed by atoms with Gasteiger partial charge in [0.15, 0.2) is 0 Å². The van der Waals surface area contributed by atoms with Crippen molar-refractivity contribution in [1.29, 1.82) is 0 Å². The van der Waals surface area contributed by atoms with Gasteiger partial charge in [0.1, 0.15) is 6.61 Å². The minimum absolute atomic E-state index is 0.0610. The molecule has 35 heavy (non-hydrogen) atoms. The molecular weight excluding hydrogens is 611 g/mol. The Hall–Kier alpha value is -0.665. The molecule has 15 heteroatoms. The summed E-state index contributed by atoms with van der Waals surface area (Å²) in [5, 5.41) is 5.17. The maximum Gasteiger partial charge on any atom is 0.407 e. The van der Waals surface area contributed by atoms with Crippen LogP contribution < -0.4 is 10.6 Å². The van der Waals surface area contributed by atoms with Crippen LogP contribution in [0.3, 0.4) is 0 Å². The highest BCUT2D eigenvalue weighted by atomic mass is 127. The summed E-state index contributed by atoms with van der Waals surface area (Å²) in [5.41, 5.74) is 0. The summed E-state index contributed by atoms with van der Waals surface area (Å²) in [6.07, 6.45) is 2.37. The number of likely N-dealkylation sites (tertiary alicyclic amines) is 1. The number of methoxy groups -OCH3 is 1. The third-order valence-electron chi connectivity index (χ3n) is 4.37. The van der Waals surface area contributed by atoms with Crippen molar-refractivity contribution >= 4 is 70.5 Å². The van der Waals surface area contributed by atoms with Gasteiger partial charge in [0, 0.05) is 40.1 Å². The van der Waals surface area contributed by atoms with Crippen molar-refractivity contribution in [2.24, 2.45) is 0 Å². The van der Waals surface area contributed by atoms with E-state index in [-0.39, 0.29) is 33.1 Å². The molecule has 0 spiro atoms. The summed E-state index contributed by atoms with van der Waals surface area (Å²) in [4.78, 5) is 46.0. The smallest absolute Gasteiger partial charge is 0.407 e. The second-order valence-electron chi connectivity index (χ2n) is 7.20. The van der Waals surface area contributed by atoms with E-state index >= 15 is 0 Å². The summed E-state index contributed by atoms with van der Waals surface area (Å²) in [5.74, 6) is -0.0659. The second-order valence-corrected chi connectivity index (χ2v) is 13.2. The zero-order valence-corrected chi connectivity index (χ0v) is 24.8. The molecular formula is C20H38BIN3O8PS. The van der Waals surface area contributed by atoms with Crippen LogP contribution in [0.15, 0.2) is 0 Å². The fourth-order valence-electron chi connectivity index (χ4n) is 2.49. The molecule has 2 N–H and O–H groups in total. The van der Waals surface area contributed by atoms with E-state index in [0.29, 0.717) is 59.0 Å². The van der Waals surface area contributed by atoms with E-state index < -0.39 is 6.09 Å². The van der Waals surface area contributed by atoms with Gasteiger partial charge in [0.05, 0.1) is 38.3 Å². The van der Waals surface area contributed by atoms with Crippen LogP contribution in [0.25, 0.3) is 0 Å². The highest BCUT2D eigenvalue weighted by Gasteiger charge is 2.37. The normalized spacial score (nSPS) is 14.9. The summed E-state index contributed by atoms with van der Waals surface area (Å²) in [6, 6.07) is 0. The molecule has 4 amide bonds. The number of imide groups is 1. The summed E-state index contributed by atoms with van der Waals surface area (Å²) in [6.45, 7) is 5.27. The van der Waals surface area contributed by atoms with Gasteiger partial charge in [-0.25, -0.2) is 4.79 Å². The molecule has 1 saturated heterocycles. The number of ether oxygens (including phenoxy) is 4. The van der Waals surface area contributed by atoms with Gasteiger partial charge in [-0.2, -0.15) is 11.6 Å². The Balaban J connectivity index is 0.000000801. The first-order valence-corrected chi connectivity index (χ1v) is 14.3. The van der Waals surface area contributed by atoms with Crippen LogP contribution in [-0.2, 0) is 33.3 Å². The van der Waals surface area contributed by atoms with E-state index in [1.165, 1.54) is 30.7 Å². The Bertz CT molecular complexity index is 639. The van der Waals surface area contributed by atoms with E-state index in [4.69, 9.17) is 18.9 Å². The first-order chi connectivity index (χ1) is 16.7. The van der Waals surface area contributed by atoms with Crippen molar-refractivity contribution in [3.8, 4) is 0 Å². The number of hydrogen-bond donors (Lipinski definition) is 2. The molecule has 1 fully saturated rings. The molecule has 1 heterocycles. The highest BCUT2D eigenvalue weighted by Crippen LogP contribution is 2.30. The Kier molecular flexibility index (Phi) is 22.1. The van der Waals surface area contributed by atoms with E-state index in [1.54, 1.807) is 0 Å². The lowest BCUT2D eigenvalue weighted by molar-refractivity contribution is -0.136. The summed E-state index contributed by atoms with van der Waals surface area (Å²) in [7, 11) is 5.67. The maximum atomic E-state index is 11.3. The number of halogens is 1. The molecule has 0 aromatic heterocycles. The van der Waals surface area contributed by atoms with Crippen LogP contribution in [0.1, 0.15) is 32.6 Å². The first kappa shape index (κ1) is 34.3. The number of amides is 4. The van der Waals surface area contributed by atoms with Crippen LogP contribution in [0.4, 0.5) is 4.79 Å². The standard InChI is InChI=1S/C15H30N2O6.C5H8BINO2PS/c1-3-4-5-14(18)16-6-8-21-11-12-22-9-7-17-15(19)23-13-10-20-2;1-8-4(9)2-3(5(8)10)12-6(7)11/h3-13H2,1-2H3,(H,16,18)(H,17,19);3H,2,11H2,1H3. The number of carbonyl (C=O) groups is 4. The minimum Gasteiger partial charge on any atom is -0.447 e. The Morgan fingerprint density at radius 2 is 1.74 bits per heavy atom. The molecule has 2 unspecified atom stereocenters.